The van der Waals surface area contributed by atoms with Crippen molar-refractivity contribution in [3.8, 4) is 0 Å². The molecule has 0 amide bonds. The van der Waals surface area contributed by atoms with Crippen LogP contribution in [-0.4, -0.2) is 16.5 Å². The molecule has 0 aliphatic carbocycles. The van der Waals surface area contributed by atoms with Crippen molar-refractivity contribution in [3.63, 3.8) is 0 Å². The van der Waals surface area contributed by atoms with E-state index in [0.717, 1.165) is 31.6 Å². The molecule has 0 fully saturated rings. The smallest absolute Gasteiger partial charge is 0.144 e. The maximum Gasteiger partial charge on any atom is 0.144 e. The number of nitrogens with two attached hydrogens (primary N) is 2. The summed E-state index contributed by atoms with van der Waals surface area (Å²) in [5.41, 5.74) is 11.4. The van der Waals surface area contributed by atoms with Gasteiger partial charge in [-0.15, -0.1) is 0 Å². The Hall–Kier alpha value is -1.00. The van der Waals surface area contributed by atoms with E-state index >= 15 is 0 Å². The molecule has 0 spiro atoms. The highest BCUT2D eigenvalue weighted by Gasteiger charge is 2.07. The van der Waals surface area contributed by atoms with Crippen molar-refractivity contribution in [2.24, 2.45) is 11.5 Å². The van der Waals surface area contributed by atoms with Crippen LogP contribution in [0.3, 0.4) is 0 Å². The molecule has 0 bridgehead atoms. The zero-order valence-corrected chi connectivity index (χ0v) is 9.81. The number of nitrogens with zero attached hydrogens (tertiary/aromatic N) is 2. The second kappa shape index (κ2) is 8.19. The number of unbranched alkanes of at least 4 members (excludes halogenated alkanes) is 4. The van der Waals surface area contributed by atoms with E-state index in [0.29, 0.717) is 0 Å². The van der Waals surface area contributed by atoms with E-state index in [1.54, 1.807) is 12.4 Å². The van der Waals surface area contributed by atoms with Crippen LogP contribution in [0.25, 0.3) is 0 Å². The SMILES string of the molecule is NCCCCCCCC(N)c1ncccn1. The predicted molar refractivity (Wildman–Crippen MR) is 65.7 cm³/mol. The summed E-state index contributed by atoms with van der Waals surface area (Å²) in [6, 6.07) is 1.79. The van der Waals surface area contributed by atoms with Crippen molar-refractivity contribution in [2.45, 2.75) is 44.6 Å². The maximum atomic E-state index is 5.99. The van der Waals surface area contributed by atoms with Gasteiger partial charge in [-0.25, -0.2) is 9.97 Å². The molecule has 1 atom stereocenters. The zero-order valence-electron chi connectivity index (χ0n) is 9.81. The van der Waals surface area contributed by atoms with Crippen LogP contribution in [-0.2, 0) is 0 Å². The number of rotatable bonds is 8. The Morgan fingerprint density at radius 1 is 1.00 bits per heavy atom. The highest BCUT2D eigenvalue weighted by Crippen LogP contribution is 2.13. The van der Waals surface area contributed by atoms with Gasteiger partial charge in [-0.05, 0) is 25.5 Å². The van der Waals surface area contributed by atoms with Crippen molar-refractivity contribution in [3.05, 3.63) is 24.3 Å². The second-order valence-electron chi connectivity index (χ2n) is 4.06. The van der Waals surface area contributed by atoms with Gasteiger partial charge in [0.05, 0.1) is 6.04 Å². The molecule has 90 valence electrons. The molecule has 1 heterocycles. The van der Waals surface area contributed by atoms with Gasteiger partial charge in [-0.2, -0.15) is 0 Å². The normalized spacial score (nSPS) is 12.6. The van der Waals surface area contributed by atoms with Gasteiger partial charge in [-0.3, -0.25) is 0 Å². The average molecular weight is 222 g/mol. The van der Waals surface area contributed by atoms with E-state index in [1.165, 1.54) is 19.3 Å². The molecule has 1 unspecified atom stereocenters. The Morgan fingerprint density at radius 2 is 1.62 bits per heavy atom. The van der Waals surface area contributed by atoms with E-state index in [4.69, 9.17) is 11.5 Å². The fourth-order valence-corrected chi connectivity index (χ4v) is 1.67. The topological polar surface area (TPSA) is 77.8 Å². The largest absolute Gasteiger partial charge is 0.330 e. The molecule has 0 radical (unpaired) electrons. The molecule has 4 N–H and O–H groups in total. The van der Waals surface area contributed by atoms with Gasteiger partial charge in [0.15, 0.2) is 0 Å². The lowest BCUT2D eigenvalue weighted by Gasteiger charge is -2.09. The van der Waals surface area contributed by atoms with Crippen molar-refractivity contribution in [1.29, 1.82) is 0 Å². The predicted octanol–water partition coefficient (Wildman–Crippen LogP) is 1.78. The molecule has 1 aromatic rings. The minimum atomic E-state index is -0.0179. The molecule has 0 saturated carbocycles. The van der Waals surface area contributed by atoms with Gasteiger partial charge < -0.3 is 11.5 Å². The Kier molecular flexibility index (Phi) is 6.69. The van der Waals surface area contributed by atoms with E-state index in [9.17, 15) is 0 Å². The molecular formula is C12H22N4. The quantitative estimate of drug-likeness (QED) is 0.657. The monoisotopic (exact) mass is 222 g/mol. The summed E-state index contributed by atoms with van der Waals surface area (Å²) in [5.74, 6) is 0.754. The van der Waals surface area contributed by atoms with Crippen LogP contribution >= 0.6 is 0 Å². The summed E-state index contributed by atoms with van der Waals surface area (Å²) in [5, 5.41) is 0. The number of aromatic nitrogens is 2. The van der Waals surface area contributed by atoms with Crippen molar-refractivity contribution in [1.82, 2.24) is 9.97 Å². The summed E-state index contributed by atoms with van der Waals surface area (Å²) in [6.45, 7) is 0.803. The summed E-state index contributed by atoms with van der Waals surface area (Å²) in [7, 11) is 0. The number of hydrogen-bond donors (Lipinski definition) is 2. The fraction of sp³-hybridized carbons (Fsp3) is 0.667. The first-order valence-corrected chi connectivity index (χ1v) is 6.07. The minimum Gasteiger partial charge on any atom is -0.330 e. The van der Waals surface area contributed by atoms with Gasteiger partial charge in [-0.1, -0.05) is 25.7 Å². The molecule has 1 aromatic heterocycles. The lowest BCUT2D eigenvalue weighted by atomic mass is 10.1. The molecule has 0 aliphatic rings. The van der Waals surface area contributed by atoms with Crippen LogP contribution in [0, 0.1) is 0 Å². The molecule has 0 saturated heterocycles. The van der Waals surface area contributed by atoms with Crippen LogP contribution in [0.4, 0.5) is 0 Å². The van der Waals surface area contributed by atoms with Crippen LogP contribution in [0.2, 0.25) is 0 Å². The summed E-state index contributed by atoms with van der Waals surface area (Å²) >= 11 is 0. The standard InChI is InChI=1S/C12H22N4/c13-8-5-3-1-2-4-7-11(14)12-15-9-6-10-16-12/h6,9-11H,1-5,7-8,13-14H2. The van der Waals surface area contributed by atoms with Crippen LogP contribution in [0.5, 0.6) is 0 Å². The van der Waals surface area contributed by atoms with Crippen LogP contribution < -0.4 is 11.5 Å². The third-order valence-corrected chi connectivity index (χ3v) is 2.64. The van der Waals surface area contributed by atoms with Gasteiger partial charge in [0, 0.05) is 12.4 Å². The number of hydrogen-bond acceptors (Lipinski definition) is 4. The fourth-order valence-electron chi connectivity index (χ4n) is 1.67. The lowest BCUT2D eigenvalue weighted by molar-refractivity contribution is 0.535. The minimum absolute atomic E-state index is 0.0179. The molecular weight excluding hydrogens is 200 g/mol. The van der Waals surface area contributed by atoms with E-state index in [1.807, 2.05) is 6.07 Å². The third kappa shape index (κ3) is 5.19. The van der Waals surface area contributed by atoms with Crippen LogP contribution in [0.15, 0.2) is 18.5 Å². The molecule has 0 aliphatic heterocycles. The van der Waals surface area contributed by atoms with Gasteiger partial charge >= 0.3 is 0 Å². The van der Waals surface area contributed by atoms with E-state index in [2.05, 4.69) is 9.97 Å². The van der Waals surface area contributed by atoms with E-state index in [-0.39, 0.29) is 6.04 Å². The first-order valence-electron chi connectivity index (χ1n) is 6.07. The summed E-state index contributed by atoms with van der Waals surface area (Å²) < 4.78 is 0. The first-order chi connectivity index (χ1) is 7.84. The van der Waals surface area contributed by atoms with Crippen molar-refractivity contribution >= 4 is 0 Å². The maximum absolute atomic E-state index is 5.99. The third-order valence-electron chi connectivity index (χ3n) is 2.64. The van der Waals surface area contributed by atoms with Crippen molar-refractivity contribution < 1.29 is 0 Å². The van der Waals surface area contributed by atoms with Gasteiger partial charge in [0.25, 0.3) is 0 Å². The Balaban J connectivity index is 2.09. The average Bonchev–Trinajstić information content (AvgIpc) is 2.34. The zero-order chi connectivity index (χ0) is 11.6. The summed E-state index contributed by atoms with van der Waals surface area (Å²) in [4.78, 5) is 8.31. The molecule has 16 heavy (non-hydrogen) atoms. The lowest BCUT2D eigenvalue weighted by Crippen LogP contribution is -2.13. The second-order valence-corrected chi connectivity index (χ2v) is 4.06. The van der Waals surface area contributed by atoms with E-state index < -0.39 is 0 Å². The van der Waals surface area contributed by atoms with Gasteiger partial charge in [0.1, 0.15) is 5.82 Å². The molecule has 4 nitrogen and oxygen atoms in total. The Labute approximate surface area is 97.5 Å². The molecule has 0 aromatic carbocycles. The van der Waals surface area contributed by atoms with Gasteiger partial charge in [0.2, 0.25) is 0 Å². The molecule has 1 rings (SSSR count). The van der Waals surface area contributed by atoms with Crippen LogP contribution in [0.1, 0.15) is 50.4 Å². The highest BCUT2D eigenvalue weighted by atomic mass is 14.9. The first kappa shape index (κ1) is 13.1. The summed E-state index contributed by atoms with van der Waals surface area (Å²) in [6.07, 6.45) is 10.4. The Morgan fingerprint density at radius 3 is 2.31 bits per heavy atom. The van der Waals surface area contributed by atoms with Crippen molar-refractivity contribution in [2.75, 3.05) is 6.54 Å². The highest BCUT2D eigenvalue weighted by molar-refractivity contribution is 4.94. The Bertz CT molecular complexity index is 263. The molecule has 4 heteroatoms.